The summed E-state index contributed by atoms with van der Waals surface area (Å²) in [5.41, 5.74) is 1.87. The molecule has 0 saturated heterocycles. The molecule has 21 heavy (non-hydrogen) atoms. The fourth-order valence-corrected chi connectivity index (χ4v) is 2.38. The van der Waals surface area contributed by atoms with Gasteiger partial charge in [0.25, 0.3) is 0 Å². The van der Waals surface area contributed by atoms with Crippen molar-refractivity contribution < 1.29 is 14.3 Å². The van der Waals surface area contributed by atoms with Crippen molar-refractivity contribution in [1.82, 2.24) is 14.8 Å². The number of rotatable bonds is 2. The van der Waals surface area contributed by atoms with Crippen molar-refractivity contribution in [3.05, 3.63) is 47.5 Å². The van der Waals surface area contributed by atoms with Gasteiger partial charge in [-0.25, -0.2) is 14.2 Å². The smallest absolute Gasteiger partial charge is 0.336 e. The lowest BCUT2D eigenvalue weighted by Gasteiger charge is -2.07. The summed E-state index contributed by atoms with van der Waals surface area (Å²) in [6, 6.07) is 5.74. The largest absolute Gasteiger partial charge is 0.478 e. The van der Waals surface area contributed by atoms with Gasteiger partial charge in [0.2, 0.25) is 0 Å². The zero-order valence-electron chi connectivity index (χ0n) is 11.5. The van der Waals surface area contributed by atoms with Gasteiger partial charge in [0.1, 0.15) is 11.3 Å². The minimum atomic E-state index is -1.12. The molecule has 0 aliphatic heterocycles. The molecule has 106 valence electrons. The Morgan fingerprint density at radius 2 is 2.14 bits per heavy atom. The van der Waals surface area contributed by atoms with Gasteiger partial charge < -0.3 is 5.11 Å². The molecule has 6 heteroatoms. The number of halogens is 1. The van der Waals surface area contributed by atoms with Crippen LogP contribution in [0.1, 0.15) is 16.1 Å². The van der Waals surface area contributed by atoms with E-state index in [9.17, 15) is 14.3 Å². The van der Waals surface area contributed by atoms with Crippen LogP contribution < -0.4 is 0 Å². The number of hydrogen-bond donors (Lipinski definition) is 1. The molecule has 0 aliphatic rings. The molecule has 0 unspecified atom stereocenters. The topological polar surface area (TPSA) is 68.0 Å². The standard InChI is InChI=1S/C15H12FN3O2/c1-8-11(7-19(2)18-8)13-6-10(15(20)21)9-4-3-5-12(16)14(9)17-13/h3-7H,1-2H3,(H,20,21). The fraction of sp³-hybridized carbons (Fsp3) is 0.133. The van der Waals surface area contributed by atoms with Gasteiger partial charge in [-0.15, -0.1) is 0 Å². The molecule has 3 rings (SSSR count). The van der Waals surface area contributed by atoms with Crippen molar-refractivity contribution >= 4 is 16.9 Å². The van der Waals surface area contributed by atoms with E-state index in [4.69, 9.17) is 0 Å². The number of aromatic carboxylic acids is 1. The van der Waals surface area contributed by atoms with Crippen LogP contribution in [0, 0.1) is 12.7 Å². The van der Waals surface area contributed by atoms with Crippen LogP contribution in [0.3, 0.4) is 0 Å². The van der Waals surface area contributed by atoms with Gasteiger partial charge in [0.05, 0.1) is 17.0 Å². The van der Waals surface area contributed by atoms with Gasteiger partial charge in [0.15, 0.2) is 0 Å². The minimum Gasteiger partial charge on any atom is -0.478 e. The lowest BCUT2D eigenvalue weighted by atomic mass is 10.0. The predicted octanol–water partition coefficient (Wildman–Crippen LogP) is 2.78. The number of benzene rings is 1. The van der Waals surface area contributed by atoms with E-state index in [0.29, 0.717) is 17.0 Å². The average molecular weight is 285 g/mol. The first-order chi connectivity index (χ1) is 9.97. The van der Waals surface area contributed by atoms with E-state index >= 15 is 0 Å². The average Bonchev–Trinajstić information content (AvgIpc) is 2.77. The van der Waals surface area contributed by atoms with Gasteiger partial charge in [-0.1, -0.05) is 12.1 Å². The summed E-state index contributed by atoms with van der Waals surface area (Å²) in [6.45, 7) is 1.79. The molecular formula is C15H12FN3O2. The number of fused-ring (bicyclic) bond motifs is 1. The van der Waals surface area contributed by atoms with Crippen LogP contribution >= 0.6 is 0 Å². The number of carboxylic acids is 1. The van der Waals surface area contributed by atoms with Crippen LogP contribution in [0.4, 0.5) is 4.39 Å². The number of carboxylic acid groups (broad SMARTS) is 1. The lowest BCUT2D eigenvalue weighted by molar-refractivity contribution is 0.0699. The zero-order valence-corrected chi connectivity index (χ0v) is 11.5. The molecule has 5 nitrogen and oxygen atoms in total. The highest BCUT2D eigenvalue weighted by Crippen LogP contribution is 2.27. The van der Waals surface area contributed by atoms with E-state index < -0.39 is 11.8 Å². The maximum absolute atomic E-state index is 14.0. The van der Waals surface area contributed by atoms with Crippen molar-refractivity contribution in [3.63, 3.8) is 0 Å². The second-order valence-electron chi connectivity index (χ2n) is 4.80. The van der Waals surface area contributed by atoms with Gasteiger partial charge in [-0.3, -0.25) is 4.68 Å². The molecule has 0 bridgehead atoms. The molecule has 0 aliphatic carbocycles. The lowest BCUT2D eigenvalue weighted by Crippen LogP contribution is -2.01. The van der Waals surface area contributed by atoms with E-state index in [1.54, 1.807) is 30.9 Å². The van der Waals surface area contributed by atoms with Gasteiger partial charge in [0, 0.05) is 24.2 Å². The number of carbonyl (C=O) groups is 1. The molecule has 0 radical (unpaired) electrons. The summed E-state index contributed by atoms with van der Waals surface area (Å²) < 4.78 is 15.6. The third-order valence-corrected chi connectivity index (χ3v) is 3.31. The first-order valence-corrected chi connectivity index (χ1v) is 6.30. The molecule has 2 heterocycles. The van der Waals surface area contributed by atoms with Crippen LogP contribution in [-0.4, -0.2) is 25.8 Å². The summed E-state index contributed by atoms with van der Waals surface area (Å²) in [5.74, 6) is -1.66. The van der Waals surface area contributed by atoms with E-state index in [1.807, 2.05) is 0 Å². The van der Waals surface area contributed by atoms with Crippen LogP contribution in [0.25, 0.3) is 22.2 Å². The zero-order chi connectivity index (χ0) is 15.1. The molecule has 0 fully saturated rings. The summed E-state index contributed by atoms with van der Waals surface area (Å²) in [4.78, 5) is 15.7. The Bertz CT molecular complexity index is 871. The van der Waals surface area contributed by atoms with E-state index in [-0.39, 0.29) is 16.5 Å². The molecule has 3 aromatic rings. The number of aryl methyl sites for hydroxylation is 2. The van der Waals surface area contributed by atoms with Crippen molar-refractivity contribution in [2.45, 2.75) is 6.92 Å². The SMILES string of the molecule is Cc1nn(C)cc1-c1cc(C(=O)O)c2cccc(F)c2n1. The maximum Gasteiger partial charge on any atom is 0.336 e. The molecule has 1 aromatic carbocycles. The normalized spacial score (nSPS) is 11.0. The number of nitrogens with zero attached hydrogens (tertiary/aromatic N) is 3. The van der Waals surface area contributed by atoms with Gasteiger partial charge in [-0.05, 0) is 19.1 Å². The number of aromatic nitrogens is 3. The molecular weight excluding hydrogens is 273 g/mol. The Kier molecular flexibility index (Phi) is 2.94. The fourth-order valence-electron chi connectivity index (χ4n) is 2.38. The molecule has 2 aromatic heterocycles. The van der Waals surface area contributed by atoms with Crippen LogP contribution in [-0.2, 0) is 7.05 Å². The second-order valence-corrected chi connectivity index (χ2v) is 4.80. The molecule has 0 saturated carbocycles. The first kappa shape index (κ1) is 13.2. The highest BCUT2D eigenvalue weighted by molar-refractivity contribution is 6.03. The van der Waals surface area contributed by atoms with E-state index in [0.717, 1.165) is 0 Å². The second kappa shape index (κ2) is 4.66. The minimum absolute atomic E-state index is 0.0257. The third kappa shape index (κ3) is 2.14. The molecule has 0 atom stereocenters. The van der Waals surface area contributed by atoms with Crippen molar-refractivity contribution in [2.24, 2.45) is 7.05 Å². The van der Waals surface area contributed by atoms with Crippen LogP contribution in [0.15, 0.2) is 30.5 Å². The summed E-state index contributed by atoms with van der Waals surface area (Å²) >= 11 is 0. The molecule has 0 amide bonds. The summed E-state index contributed by atoms with van der Waals surface area (Å²) in [7, 11) is 1.76. The highest BCUT2D eigenvalue weighted by atomic mass is 19.1. The quantitative estimate of drug-likeness (QED) is 0.786. The Morgan fingerprint density at radius 1 is 1.38 bits per heavy atom. The Morgan fingerprint density at radius 3 is 2.76 bits per heavy atom. The van der Waals surface area contributed by atoms with E-state index in [1.165, 1.54) is 18.2 Å². The molecule has 0 spiro atoms. The summed E-state index contributed by atoms with van der Waals surface area (Å²) in [6.07, 6.45) is 1.73. The number of pyridine rings is 1. The Labute approximate surface area is 119 Å². The summed E-state index contributed by atoms with van der Waals surface area (Å²) in [5, 5.41) is 13.8. The van der Waals surface area contributed by atoms with Crippen molar-refractivity contribution in [2.75, 3.05) is 0 Å². The van der Waals surface area contributed by atoms with Crippen LogP contribution in [0.2, 0.25) is 0 Å². The maximum atomic E-state index is 14.0. The highest BCUT2D eigenvalue weighted by Gasteiger charge is 2.17. The molecule has 1 N–H and O–H groups in total. The monoisotopic (exact) mass is 285 g/mol. The third-order valence-electron chi connectivity index (χ3n) is 3.31. The van der Waals surface area contributed by atoms with Crippen molar-refractivity contribution in [1.29, 1.82) is 0 Å². The number of hydrogen-bond acceptors (Lipinski definition) is 3. The van der Waals surface area contributed by atoms with E-state index in [2.05, 4.69) is 10.1 Å². The van der Waals surface area contributed by atoms with Crippen LogP contribution in [0.5, 0.6) is 0 Å². The Balaban J connectivity index is 2.37. The van der Waals surface area contributed by atoms with Gasteiger partial charge in [-0.2, -0.15) is 5.10 Å². The van der Waals surface area contributed by atoms with Gasteiger partial charge >= 0.3 is 5.97 Å². The first-order valence-electron chi connectivity index (χ1n) is 6.30. The van der Waals surface area contributed by atoms with Crippen molar-refractivity contribution in [3.8, 4) is 11.3 Å². The Hall–Kier alpha value is -2.76. The predicted molar refractivity (Wildman–Crippen MR) is 75.6 cm³/mol. The number of para-hydroxylation sites is 1.